The zero-order valence-electron chi connectivity index (χ0n) is 51.9. The number of hydrogen-bond donors (Lipinski definition) is 0. The first-order valence-electron chi connectivity index (χ1n) is 31.3. The Morgan fingerprint density at radius 1 is 0.333 bits per heavy atom. The molecule has 0 saturated carbocycles. The van der Waals surface area contributed by atoms with Crippen LogP contribution in [0.4, 0.5) is 17.1 Å². The second kappa shape index (κ2) is 23.1. The molecule has 0 spiro atoms. The Morgan fingerprint density at radius 2 is 0.702 bits per heavy atom. The fraction of sp³-hybridized carbons (Fsp3) is 0.250. The van der Waals surface area contributed by atoms with Crippen LogP contribution in [0.1, 0.15) is 180 Å². The molecule has 0 aromatic heterocycles. The van der Waals surface area contributed by atoms with Crippen molar-refractivity contribution in [3.05, 3.63) is 286 Å². The topological polar surface area (TPSA) is 3.24 Å². The van der Waals surface area contributed by atoms with Crippen LogP contribution in [0.2, 0.25) is 0 Å². The summed E-state index contributed by atoms with van der Waals surface area (Å²) in [6, 6.07) is 87.8. The van der Waals surface area contributed by atoms with Crippen molar-refractivity contribution in [2.45, 2.75) is 131 Å². The number of hydrogen-bond acceptors (Lipinski definition) is 1. The summed E-state index contributed by atoms with van der Waals surface area (Å²) in [5.74, 6) is 2.15. The van der Waals surface area contributed by atoms with E-state index in [0.717, 1.165) is 0 Å². The van der Waals surface area contributed by atoms with E-state index in [1.165, 1.54) is 127 Å². The Labute approximate surface area is 506 Å². The Kier molecular flexibility index (Phi) is 15.6. The smallest absolute Gasteiger partial charge is 0.240 e. The maximum Gasteiger partial charge on any atom is 0.240 e. The highest BCUT2D eigenvalue weighted by atomic mass is 28.3. The van der Waals surface area contributed by atoms with E-state index in [9.17, 15) is 0 Å². The first-order chi connectivity index (χ1) is 40.6. The highest BCUT2D eigenvalue weighted by Crippen LogP contribution is 2.58. The predicted octanol–water partition coefficient (Wildman–Crippen LogP) is 14.8. The lowest BCUT2D eigenvalue weighted by Gasteiger charge is -2.48. The van der Waals surface area contributed by atoms with Crippen LogP contribution in [0.15, 0.2) is 224 Å². The van der Waals surface area contributed by atoms with Gasteiger partial charge in [0.25, 0.3) is 0 Å². The molecule has 12 rings (SSSR count). The summed E-state index contributed by atoms with van der Waals surface area (Å²) < 4.78 is 0. The molecule has 1 nitrogen and oxygen atoms in total. The van der Waals surface area contributed by atoms with E-state index in [1.807, 2.05) is 0 Å². The second-order valence-electron chi connectivity index (χ2n) is 26.0. The molecule has 2 aliphatic rings. The fourth-order valence-corrected chi connectivity index (χ4v) is 17.7. The standard InChI is InChI=1S/C80H82B2NSi/c1-51(2)58-46-63(53(5)6)78(64(47-58)54(7)8)81-71-39-25-26-40-72(71)82(79-65(55(9)10)48-59(52(3)4)49-66(79)56(11)12)74-50-60(44-45-73(74)81)83-75-41-27-22-36-68(75)80(67-35-21-20-30-57(67)13,69-37-23-28-42-76(69)83)70-38-24-29-43-77(70)84(61-31-16-14-17-32-61)62-33-18-15-19-34-62/h14-56H,1-13H3. The highest BCUT2D eigenvalue weighted by Gasteiger charge is 2.50. The van der Waals surface area contributed by atoms with Crippen LogP contribution in [0.25, 0.3) is 0 Å². The number of aryl methyl sites for hydroxylation is 1. The minimum atomic E-state index is -1.54. The number of anilines is 3. The quantitative estimate of drug-likeness (QED) is 0.0775. The summed E-state index contributed by atoms with van der Waals surface area (Å²) in [7, 11) is -1.54. The minimum Gasteiger partial charge on any atom is -0.310 e. The van der Waals surface area contributed by atoms with Gasteiger partial charge in [-0.25, -0.2) is 0 Å². The van der Waals surface area contributed by atoms with Crippen molar-refractivity contribution in [3.8, 4) is 0 Å². The summed E-state index contributed by atoms with van der Waals surface area (Å²) in [5.41, 5.74) is 26.8. The lowest BCUT2D eigenvalue weighted by atomic mass is 9.20. The number of rotatable bonds is 14. The van der Waals surface area contributed by atoms with E-state index >= 15 is 0 Å². The van der Waals surface area contributed by atoms with Crippen molar-refractivity contribution in [2.75, 3.05) is 4.90 Å². The number of fused-ring (bicyclic) bond motifs is 4. The van der Waals surface area contributed by atoms with Gasteiger partial charge in [-0.05, 0) is 133 Å². The van der Waals surface area contributed by atoms with Crippen molar-refractivity contribution in [1.29, 1.82) is 0 Å². The SMILES string of the molecule is Cc1ccccc1C1(c2ccccc2[Si](c2ccccc2)c2ccccc2)c2ccccc2N(c2ccc3c(c2)B(c2c(C(C)C)cc(C(C)C)cc2C(C)C)c2ccccc2B3c2c(C(C)C)cc(C(C)C)cc2C(C)C)c2ccccc21. The molecular formula is C80H82B2NSi. The van der Waals surface area contributed by atoms with Gasteiger partial charge in [-0.15, -0.1) is 0 Å². The average Bonchev–Trinajstić information content (AvgIpc) is 1.53. The van der Waals surface area contributed by atoms with Gasteiger partial charge in [-0.1, -0.05) is 326 Å². The van der Waals surface area contributed by atoms with Gasteiger partial charge in [0.15, 0.2) is 8.80 Å². The third-order valence-corrected chi connectivity index (χ3v) is 21.7. The van der Waals surface area contributed by atoms with Crippen LogP contribution in [0.5, 0.6) is 0 Å². The average molecular weight is 1110 g/mol. The van der Waals surface area contributed by atoms with Crippen molar-refractivity contribution >= 4 is 87.6 Å². The molecule has 0 N–H and O–H groups in total. The number of para-hydroxylation sites is 2. The number of nitrogens with zero attached hydrogens (tertiary/aromatic N) is 1. The lowest BCUT2D eigenvalue weighted by molar-refractivity contribution is 0.729. The molecule has 2 aliphatic heterocycles. The van der Waals surface area contributed by atoms with E-state index in [4.69, 9.17) is 0 Å². The van der Waals surface area contributed by atoms with Gasteiger partial charge in [0.05, 0.1) is 16.8 Å². The van der Waals surface area contributed by atoms with Crippen LogP contribution < -0.4 is 53.2 Å². The molecule has 0 fully saturated rings. The van der Waals surface area contributed by atoms with Crippen LogP contribution in [-0.4, -0.2) is 22.2 Å². The van der Waals surface area contributed by atoms with Crippen molar-refractivity contribution < 1.29 is 0 Å². The Balaban J connectivity index is 1.18. The van der Waals surface area contributed by atoms with Crippen molar-refractivity contribution in [3.63, 3.8) is 0 Å². The first kappa shape index (κ1) is 56.8. The molecule has 0 unspecified atom stereocenters. The largest absolute Gasteiger partial charge is 0.310 e. The second-order valence-corrected chi connectivity index (χ2v) is 28.5. The molecule has 1 radical (unpaired) electrons. The molecule has 4 heteroatoms. The molecular weight excluding hydrogens is 1020 g/mol. The van der Waals surface area contributed by atoms with E-state index in [-0.39, 0.29) is 13.4 Å². The lowest BCUT2D eigenvalue weighted by Crippen LogP contribution is -2.76. The first-order valence-corrected chi connectivity index (χ1v) is 32.8. The van der Waals surface area contributed by atoms with E-state index in [2.05, 4.69) is 319 Å². The minimum absolute atomic E-state index is 0.00638. The molecule has 0 saturated heterocycles. The van der Waals surface area contributed by atoms with E-state index in [1.54, 1.807) is 0 Å². The summed E-state index contributed by atoms with van der Waals surface area (Å²) in [4.78, 5) is 2.64. The predicted molar refractivity (Wildman–Crippen MR) is 368 cm³/mol. The van der Waals surface area contributed by atoms with Crippen LogP contribution in [0.3, 0.4) is 0 Å². The fourth-order valence-electron chi connectivity index (χ4n) is 14.9. The van der Waals surface area contributed by atoms with Gasteiger partial charge in [0, 0.05) is 5.69 Å². The van der Waals surface area contributed by atoms with Crippen molar-refractivity contribution in [2.24, 2.45) is 0 Å². The zero-order valence-corrected chi connectivity index (χ0v) is 52.9. The van der Waals surface area contributed by atoms with Gasteiger partial charge >= 0.3 is 0 Å². The van der Waals surface area contributed by atoms with Crippen LogP contribution in [-0.2, 0) is 5.41 Å². The van der Waals surface area contributed by atoms with E-state index in [0.29, 0.717) is 35.5 Å². The van der Waals surface area contributed by atoms with Crippen LogP contribution >= 0.6 is 0 Å². The zero-order chi connectivity index (χ0) is 58.7. The molecule has 10 aromatic carbocycles. The highest BCUT2D eigenvalue weighted by molar-refractivity contribution is 7.11. The summed E-state index contributed by atoms with van der Waals surface area (Å²) >= 11 is 0. The third kappa shape index (κ3) is 9.58. The monoisotopic (exact) mass is 1110 g/mol. The molecule has 417 valence electrons. The maximum absolute atomic E-state index is 2.66. The maximum atomic E-state index is 2.66. The van der Waals surface area contributed by atoms with Gasteiger partial charge in [0.2, 0.25) is 13.4 Å². The third-order valence-electron chi connectivity index (χ3n) is 18.9. The van der Waals surface area contributed by atoms with Gasteiger partial charge in [-0.2, -0.15) is 0 Å². The Hall–Kier alpha value is -7.65. The molecule has 0 amide bonds. The van der Waals surface area contributed by atoms with Gasteiger partial charge in [0.1, 0.15) is 0 Å². The summed E-state index contributed by atoms with van der Waals surface area (Å²) in [5, 5.41) is 4.15. The molecule has 10 aromatic rings. The van der Waals surface area contributed by atoms with E-state index < -0.39 is 14.2 Å². The molecule has 84 heavy (non-hydrogen) atoms. The summed E-state index contributed by atoms with van der Waals surface area (Å²) in [6.07, 6.45) is 0. The Bertz CT molecular complexity index is 3890. The van der Waals surface area contributed by atoms with Crippen molar-refractivity contribution in [1.82, 2.24) is 0 Å². The number of benzene rings is 10. The normalized spacial score (nSPS) is 13.6. The molecule has 0 aliphatic carbocycles. The molecule has 2 heterocycles. The van der Waals surface area contributed by atoms with Gasteiger partial charge in [-0.3, -0.25) is 0 Å². The Morgan fingerprint density at radius 3 is 1.14 bits per heavy atom. The summed E-state index contributed by atoms with van der Waals surface area (Å²) in [6.45, 7) is 31.2. The molecule has 0 atom stereocenters. The van der Waals surface area contributed by atoms with Gasteiger partial charge < -0.3 is 4.90 Å². The van der Waals surface area contributed by atoms with Crippen LogP contribution in [0, 0.1) is 6.92 Å². The molecule has 0 bridgehead atoms.